The van der Waals surface area contributed by atoms with Crippen LogP contribution in [0, 0.1) is 0 Å². The summed E-state index contributed by atoms with van der Waals surface area (Å²) in [5.74, 6) is 0. The molecule has 0 radical (unpaired) electrons. The third-order valence-electron chi connectivity index (χ3n) is 12.2. The topological polar surface area (TPSA) is 16.4 Å². The monoisotopic (exact) mass is 763 g/mol. The molecule has 0 saturated carbocycles. The molecule has 1 heterocycles. The van der Waals surface area contributed by atoms with E-state index in [1.165, 1.54) is 65.3 Å². The van der Waals surface area contributed by atoms with Gasteiger partial charge in [0.05, 0.1) is 0 Å². The van der Waals surface area contributed by atoms with E-state index in [1.807, 2.05) is 12.1 Å². The lowest BCUT2D eigenvalue weighted by molar-refractivity contribution is 0.669. The number of hydrogen-bond acceptors (Lipinski definition) is 2. The van der Waals surface area contributed by atoms with Gasteiger partial charge in [0.1, 0.15) is 11.2 Å². The number of hydrogen-bond donors (Lipinski definition) is 0. The predicted molar refractivity (Wildman–Crippen MR) is 255 cm³/mol. The highest BCUT2D eigenvalue weighted by Gasteiger charge is 2.17. The van der Waals surface area contributed by atoms with Crippen LogP contribution in [0.2, 0.25) is 0 Å². The summed E-state index contributed by atoms with van der Waals surface area (Å²) >= 11 is 0. The van der Waals surface area contributed by atoms with Gasteiger partial charge in [-0.25, -0.2) is 0 Å². The van der Waals surface area contributed by atoms with Crippen molar-refractivity contribution in [2.24, 2.45) is 0 Å². The summed E-state index contributed by atoms with van der Waals surface area (Å²) in [4.78, 5) is 2.39. The molecule has 2 nitrogen and oxygen atoms in total. The zero-order valence-corrected chi connectivity index (χ0v) is 32.7. The van der Waals surface area contributed by atoms with Gasteiger partial charge in [-0.05, 0) is 137 Å². The van der Waals surface area contributed by atoms with Crippen molar-refractivity contribution in [1.29, 1.82) is 0 Å². The van der Waals surface area contributed by atoms with E-state index in [9.17, 15) is 0 Å². The fourth-order valence-electron chi connectivity index (χ4n) is 9.34. The molecule has 2 heteroatoms. The molecule has 0 aliphatic carbocycles. The summed E-state index contributed by atoms with van der Waals surface area (Å²) in [6.45, 7) is 0. The SMILES string of the molecule is c1cc(-c2ccc(N(c3ccc(-c4ccc5oc6ccccc6c5c4)cc3)c3ccc4c5ccccc5c5ccccc5c4c3)cc2)cc(-c2cccc3ccccc23)c1. The van der Waals surface area contributed by atoms with Gasteiger partial charge in [0.25, 0.3) is 0 Å². The molecule has 0 fully saturated rings. The van der Waals surface area contributed by atoms with E-state index in [2.05, 4.69) is 217 Å². The zero-order chi connectivity index (χ0) is 39.6. The molecule has 0 amide bonds. The van der Waals surface area contributed by atoms with Gasteiger partial charge < -0.3 is 9.32 Å². The maximum Gasteiger partial charge on any atom is 0.135 e. The third kappa shape index (κ3) is 5.65. The highest BCUT2D eigenvalue weighted by Crippen LogP contribution is 2.42. The van der Waals surface area contributed by atoms with Crippen LogP contribution in [0.4, 0.5) is 17.1 Å². The molecule has 0 aliphatic rings. The Morgan fingerprint density at radius 2 is 0.733 bits per heavy atom. The third-order valence-corrected chi connectivity index (χ3v) is 12.2. The number of furan rings is 1. The van der Waals surface area contributed by atoms with Crippen molar-refractivity contribution < 1.29 is 4.42 Å². The highest BCUT2D eigenvalue weighted by molar-refractivity contribution is 6.25. The van der Waals surface area contributed by atoms with Gasteiger partial charge in [-0.3, -0.25) is 0 Å². The normalized spacial score (nSPS) is 11.7. The Morgan fingerprint density at radius 3 is 1.43 bits per heavy atom. The van der Waals surface area contributed by atoms with Gasteiger partial charge in [0.2, 0.25) is 0 Å². The molecule has 60 heavy (non-hydrogen) atoms. The van der Waals surface area contributed by atoms with Crippen LogP contribution in [-0.2, 0) is 0 Å². The van der Waals surface area contributed by atoms with Crippen LogP contribution in [0.3, 0.4) is 0 Å². The Morgan fingerprint density at radius 1 is 0.250 bits per heavy atom. The zero-order valence-electron chi connectivity index (χ0n) is 32.7. The van der Waals surface area contributed by atoms with Gasteiger partial charge in [-0.15, -0.1) is 0 Å². The molecule has 280 valence electrons. The predicted octanol–water partition coefficient (Wildman–Crippen LogP) is 16.7. The van der Waals surface area contributed by atoms with Crippen LogP contribution in [0.1, 0.15) is 0 Å². The Hall–Kier alpha value is -7.94. The van der Waals surface area contributed by atoms with Crippen LogP contribution in [0.25, 0.3) is 98.4 Å². The summed E-state index contributed by atoms with van der Waals surface area (Å²) in [6, 6.07) is 81.4. The molecule has 0 unspecified atom stereocenters. The van der Waals surface area contributed by atoms with Crippen molar-refractivity contribution >= 4 is 82.1 Å². The molecule has 1 aromatic heterocycles. The van der Waals surface area contributed by atoms with E-state index < -0.39 is 0 Å². The van der Waals surface area contributed by atoms with E-state index in [0.717, 1.165) is 50.1 Å². The maximum atomic E-state index is 6.14. The summed E-state index contributed by atoms with van der Waals surface area (Å²) < 4.78 is 6.14. The van der Waals surface area contributed by atoms with Gasteiger partial charge in [0.15, 0.2) is 0 Å². The van der Waals surface area contributed by atoms with Crippen LogP contribution < -0.4 is 4.90 Å². The molecule has 12 rings (SSSR count). The molecule has 11 aromatic carbocycles. The second-order valence-electron chi connectivity index (χ2n) is 15.7. The minimum atomic E-state index is 0.906. The van der Waals surface area contributed by atoms with Crippen molar-refractivity contribution in [3.05, 3.63) is 224 Å². The second kappa shape index (κ2) is 13.9. The van der Waals surface area contributed by atoms with Crippen molar-refractivity contribution in [3.8, 4) is 33.4 Å². The van der Waals surface area contributed by atoms with E-state index in [1.54, 1.807) is 0 Å². The molecule has 0 spiro atoms. The molecule has 0 saturated heterocycles. The summed E-state index contributed by atoms with van der Waals surface area (Å²) in [5.41, 5.74) is 12.2. The summed E-state index contributed by atoms with van der Waals surface area (Å²) in [5, 5.41) is 12.4. The van der Waals surface area contributed by atoms with Gasteiger partial charge in [-0.2, -0.15) is 0 Å². The van der Waals surface area contributed by atoms with Crippen LogP contribution in [0.5, 0.6) is 0 Å². The lowest BCUT2D eigenvalue weighted by atomic mass is 9.94. The standard InChI is InChI=1S/C58H37NO/c1-2-15-47-40(11-1)12-10-21-48(47)43-14-9-13-41(35-43)38-23-28-44(29-24-38)59(46-32-33-53-51-18-4-3-16-49(51)50-17-5-6-19-52(50)55(53)37-46)45-30-25-39(26-31-45)42-27-34-58-56(36-42)54-20-7-8-22-57(54)60-58/h1-37H. The molecule has 0 bridgehead atoms. The number of rotatable bonds is 6. The molecular weight excluding hydrogens is 727 g/mol. The minimum Gasteiger partial charge on any atom is -0.456 e. The van der Waals surface area contributed by atoms with Gasteiger partial charge in [-0.1, -0.05) is 164 Å². The van der Waals surface area contributed by atoms with Crippen molar-refractivity contribution in [1.82, 2.24) is 0 Å². The Balaban J connectivity index is 0.976. The molecule has 0 atom stereocenters. The summed E-state index contributed by atoms with van der Waals surface area (Å²) in [7, 11) is 0. The quantitative estimate of drug-likeness (QED) is 0.157. The van der Waals surface area contributed by atoms with Crippen LogP contribution in [-0.4, -0.2) is 0 Å². The first-order chi connectivity index (χ1) is 29.7. The number of benzene rings is 11. The lowest BCUT2D eigenvalue weighted by Gasteiger charge is -2.27. The van der Waals surface area contributed by atoms with Gasteiger partial charge >= 0.3 is 0 Å². The van der Waals surface area contributed by atoms with E-state index in [-0.39, 0.29) is 0 Å². The van der Waals surface area contributed by atoms with E-state index in [4.69, 9.17) is 4.42 Å². The fourth-order valence-corrected chi connectivity index (χ4v) is 9.34. The Labute approximate surface area is 347 Å². The average Bonchev–Trinajstić information content (AvgIpc) is 3.70. The average molecular weight is 764 g/mol. The first kappa shape index (κ1) is 34.1. The molecular formula is C58H37NO. The van der Waals surface area contributed by atoms with E-state index in [0.29, 0.717) is 0 Å². The minimum absolute atomic E-state index is 0.906. The molecule has 0 N–H and O–H groups in total. The number of fused-ring (bicyclic) bond motifs is 10. The fraction of sp³-hybridized carbons (Fsp3) is 0. The molecule has 12 aromatic rings. The van der Waals surface area contributed by atoms with Crippen molar-refractivity contribution in [3.63, 3.8) is 0 Å². The number of anilines is 3. The smallest absolute Gasteiger partial charge is 0.135 e. The van der Waals surface area contributed by atoms with Crippen LogP contribution >= 0.6 is 0 Å². The number of para-hydroxylation sites is 1. The first-order valence-electron chi connectivity index (χ1n) is 20.6. The van der Waals surface area contributed by atoms with Crippen molar-refractivity contribution in [2.75, 3.05) is 4.90 Å². The van der Waals surface area contributed by atoms with Gasteiger partial charge in [0, 0.05) is 27.8 Å². The highest BCUT2D eigenvalue weighted by atomic mass is 16.3. The Bertz CT molecular complexity index is 3560. The summed E-state index contributed by atoms with van der Waals surface area (Å²) in [6.07, 6.45) is 0. The largest absolute Gasteiger partial charge is 0.456 e. The van der Waals surface area contributed by atoms with Crippen LogP contribution in [0.15, 0.2) is 229 Å². The lowest BCUT2D eigenvalue weighted by Crippen LogP contribution is -2.10. The Kier molecular flexibility index (Phi) is 7.89. The number of nitrogens with zero attached hydrogens (tertiary/aromatic N) is 1. The van der Waals surface area contributed by atoms with E-state index >= 15 is 0 Å². The maximum absolute atomic E-state index is 6.14. The molecule has 0 aliphatic heterocycles. The second-order valence-corrected chi connectivity index (χ2v) is 15.7. The van der Waals surface area contributed by atoms with Crippen molar-refractivity contribution in [2.45, 2.75) is 0 Å². The first-order valence-corrected chi connectivity index (χ1v) is 20.6.